The molecule has 1 aromatic carbocycles. The van der Waals surface area contributed by atoms with E-state index in [9.17, 15) is 8.78 Å². The van der Waals surface area contributed by atoms with Crippen LogP contribution in [0.2, 0.25) is 0 Å². The fourth-order valence-electron chi connectivity index (χ4n) is 0.744. The predicted octanol–water partition coefficient (Wildman–Crippen LogP) is 1.82. The Kier molecular flexibility index (Phi) is 2.60. The first-order chi connectivity index (χ1) is 5.59. The molecule has 2 nitrogen and oxygen atoms in total. The molecule has 0 heterocycles. The van der Waals surface area contributed by atoms with E-state index in [0.717, 1.165) is 12.1 Å². The number of hydrogen-bond acceptors (Lipinski definition) is 2. The highest BCUT2D eigenvalue weighted by Gasteiger charge is 2.03. The molecule has 12 heavy (non-hydrogen) atoms. The molecule has 0 aromatic heterocycles. The summed E-state index contributed by atoms with van der Waals surface area (Å²) < 4.78 is 24.9. The Hall–Kier alpha value is -1.16. The van der Waals surface area contributed by atoms with Crippen molar-refractivity contribution in [1.29, 1.82) is 0 Å². The summed E-state index contributed by atoms with van der Waals surface area (Å²) in [6.45, 7) is 0. The molecule has 0 aliphatic heterocycles. The number of nitrogens with zero attached hydrogens (tertiary/aromatic N) is 1. The van der Waals surface area contributed by atoms with Crippen LogP contribution in [0, 0.1) is 11.6 Å². The lowest BCUT2D eigenvalue weighted by Crippen LogP contribution is -2.16. The summed E-state index contributed by atoms with van der Waals surface area (Å²) in [4.78, 5) is 4.98. The maximum absolute atomic E-state index is 12.6. The first kappa shape index (κ1) is 8.93. The Morgan fingerprint density at radius 2 is 1.83 bits per heavy atom. The van der Waals surface area contributed by atoms with Crippen LogP contribution >= 0.6 is 0 Å². The molecular formula is C8H9F2NO. The third-order valence-corrected chi connectivity index (χ3v) is 1.18. The van der Waals surface area contributed by atoms with Gasteiger partial charge in [-0.1, -0.05) is 0 Å². The second kappa shape index (κ2) is 3.49. The molecule has 0 saturated carbocycles. The van der Waals surface area contributed by atoms with Gasteiger partial charge in [0.15, 0.2) is 17.4 Å². The molecule has 0 saturated heterocycles. The van der Waals surface area contributed by atoms with Gasteiger partial charge in [0.25, 0.3) is 0 Å². The molecule has 0 spiro atoms. The van der Waals surface area contributed by atoms with Gasteiger partial charge >= 0.3 is 0 Å². The first-order valence-electron chi connectivity index (χ1n) is 3.40. The number of hydrogen-bond donors (Lipinski definition) is 0. The SMILES string of the molecule is CN(C)Oc1ccc(F)c(F)c1. The van der Waals surface area contributed by atoms with E-state index < -0.39 is 11.6 Å². The molecule has 0 radical (unpaired) electrons. The smallest absolute Gasteiger partial charge is 0.162 e. The molecule has 1 aromatic rings. The lowest BCUT2D eigenvalue weighted by molar-refractivity contribution is -0.00368. The van der Waals surface area contributed by atoms with Crippen molar-refractivity contribution >= 4 is 0 Å². The summed E-state index contributed by atoms with van der Waals surface area (Å²) in [6.07, 6.45) is 0. The van der Waals surface area contributed by atoms with Crippen molar-refractivity contribution in [2.24, 2.45) is 0 Å². The molecule has 0 unspecified atom stereocenters. The predicted molar refractivity (Wildman–Crippen MR) is 40.7 cm³/mol. The van der Waals surface area contributed by atoms with E-state index in [-0.39, 0.29) is 5.75 Å². The van der Waals surface area contributed by atoms with Crippen LogP contribution in [0.4, 0.5) is 8.78 Å². The maximum Gasteiger partial charge on any atom is 0.162 e. The Bertz CT molecular complexity index is 276. The van der Waals surface area contributed by atoms with E-state index in [1.807, 2.05) is 0 Å². The van der Waals surface area contributed by atoms with Crippen LogP contribution in [0.3, 0.4) is 0 Å². The molecule has 0 aliphatic rings. The fourth-order valence-corrected chi connectivity index (χ4v) is 0.744. The molecule has 1 rings (SSSR count). The van der Waals surface area contributed by atoms with E-state index in [4.69, 9.17) is 4.84 Å². The highest BCUT2D eigenvalue weighted by Crippen LogP contribution is 2.15. The molecule has 0 N–H and O–H groups in total. The van der Waals surface area contributed by atoms with Gasteiger partial charge in [-0.05, 0) is 12.1 Å². The highest BCUT2D eigenvalue weighted by atomic mass is 19.2. The largest absolute Gasteiger partial charge is 0.406 e. The zero-order valence-corrected chi connectivity index (χ0v) is 6.84. The van der Waals surface area contributed by atoms with Crippen LogP contribution in [0.1, 0.15) is 0 Å². The van der Waals surface area contributed by atoms with Gasteiger partial charge < -0.3 is 4.84 Å². The summed E-state index contributed by atoms with van der Waals surface area (Å²) in [7, 11) is 3.31. The second-order valence-electron chi connectivity index (χ2n) is 2.48. The molecule has 0 bridgehead atoms. The molecule has 0 aliphatic carbocycles. The fraction of sp³-hybridized carbons (Fsp3) is 0.250. The van der Waals surface area contributed by atoms with Gasteiger partial charge in [-0.2, -0.15) is 5.06 Å². The summed E-state index contributed by atoms with van der Waals surface area (Å²) in [5.74, 6) is -1.51. The van der Waals surface area contributed by atoms with Gasteiger partial charge in [0.1, 0.15) is 0 Å². The van der Waals surface area contributed by atoms with E-state index >= 15 is 0 Å². The van der Waals surface area contributed by atoms with Crippen molar-refractivity contribution in [2.45, 2.75) is 0 Å². The van der Waals surface area contributed by atoms with Gasteiger partial charge in [-0.25, -0.2) is 8.78 Å². The summed E-state index contributed by atoms with van der Waals surface area (Å²) in [5, 5.41) is 1.40. The topological polar surface area (TPSA) is 12.5 Å². The van der Waals surface area contributed by atoms with Gasteiger partial charge in [0, 0.05) is 20.2 Å². The molecule has 0 fully saturated rings. The van der Waals surface area contributed by atoms with Gasteiger partial charge in [0.2, 0.25) is 0 Å². The Labute approximate surface area is 69.3 Å². The Morgan fingerprint density at radius 1 is 1.17 bits per heavy atom. The summed E-state index contributed by atoms with van der Waals surface area (Å²) in [5.41, 5.74) is 0. The third-order valence-electron chi connectivity index (χ3n) is 1.18. The minimum Gasteiger partial charge on any atom is -0.406 e. The van der Waals surface area contributed by atoms with Crippen molar-refractivity contribution in [3.05, 3.63) is 29.8 Å². The van der Waals surface area contributed by atoms with E-state index in [2.05, 4.69) is 0 Å². The van der Waals surface area contributed by atoms with E-state index in [1.165, 1.54) is 11.1 Å². The Balaban J connectivity index is 2.82. The zero-order valence-electron chi connectivity index (χ0n) is 6.84. The molecule has 0 atom stereocenters. The Morgan fingerprint density at radius 3 is 2.33 bits per heavy atom. The highest BCUT2D eigenvalue weighted by molar-refractivity contribution is 5.23. The minimum atomic E-state index is -0.908. The van der Waals surface area contributed by atoms with Gasteiger partial charge in [0.05, 0.1) is 0 Å². The minimum absolute atomic E-state index is 0.277. The standard InChI is InChI=1S/C8H9F2NO/c1-11(2)12-6-3-4-7(9)8(10)5-6/h3-5H,1-2H3. The van der Waals surface area contributed by atoms with Crippen LogP contribution in [0.25, 0.3) is 0 Å². The van der Waals surface area contributed by atoms with E-state index in [1.54, 1.807) is 14.1 Å². The first-order valence-corrected chi connectivity index (χ1v) is 3.40. The second-order valence-corrected chi connectivity index (χ2v) is 2.48. The molecular weight excluding hydrogens is 164 g/mol. The van der Waals surface area contributed by atoms with Crippen LogP contribution < -0.4 is 4.84 Å². The van der Waals surface area contributed by atoms with E-state index in [0.29, 0.717) is 0 Å². The third kappa shape index (κ3) is 2.17. The average Bonchev–Trinajstić information content (AvgIpc) is 1.96. The van der Waals surface area contributed by atoms with Crippen molar-refractivity contribution in [1.82, 2.24) is 5.06 Å². The van der Waals surface area contributed by atoms with Crippen LogP contribution in [0.15, 0.2) is 18.2 Å². The van der Waals surface area contributed by atoms with Crippen molar-refractivity contribution in [3.8, 4) is 5.75 Å². The number of hydroxylamine groups is 2. The van der Waals surface area contributed by atoms with Gasteiger partial charge in [-0.3, -0.25) is 0 Å². The van der Waals surface area contributed by atoms with Crippen LogP contribution in [0.5, 0.6) is 5.75 Å². The lowest BCUT2D eigenvalue weighted by atomic mass is 10.3. The average molecular weight is 173 g/mol. The lowest BCUT2D eigenvalue weighted by Gasteiger charge is -2.11. The number of rotatable bonds is 2. The quantitative estimate of drug-likeness (QED) is 0.632. The zero-order chi connectivity index (χ0) is 9.14. The normalized spacial score (nSPS) is 10.4. The van der Waals surface area contributed by atoms with Crippen molar-refractivity contribution in [2.75, 3.05) is 14.1 Å². The molecule has 4 heteroatoms. The van der Waals surface area contributed by atoms with Gasteiger partial charge in [-0.15, -0.1) is 0 Å². The summed E-state index contributed by atoms with van der Waals surface area (Å²) >= 11 is 0. The number of benzene rings is 1. The molecule has 0 amide bonds. The van der Waals surface area contributed by atoms with Crippen LogP contribution in [-0.4, -0.2) is 19.2 Å². The summed E-state index contributed by atoms with van der Waals surface area (Å²) in [6, 6.07) is 3.38. The molecule has 66 valence electrons. The number of halogens is 2. The van der Waals surface area contributed by atoms with Crippen molar-refractivity contribution < 1.29 is 13.6 Å². The maximum atomic E-state index is 12.6. The monoisotopic (exact) mass is 173 g/mol. The van der Waals surface area contributed by atoms with Crippen molar-refractivity contribution in [3.63, 3.8) is 0 Å². The van der Waals surface area contributed by atoms with Crippen LogP contribution in [-0.2, 0) is 0 Å².